The van der Waals surface area contributed by atoms with Gasteiger partial charge in [0.15, 0.2) is 5.78 Å². The van der Waals surface area contributed by atoms with Gasteiger partial charge in [0.2, 0.25) is 11.8 Å². The van der Waals surface area contributed by atoms with Crippen LogP contribution in [0.15, 0.2) is 36.4 Å². The molecule has 2 aromatic rings. The Labute approximate surface area is 184 Å². The molecule has 0 fully saturated rings. The van der Waals surface area contributed by atoms with Crippen molar-refractivity contribution in [3.05, 3.63) is 53.1 Å². The number of fused-ring (bicyclic) bond motifs is 3. The van der Waals surface area contributed by atoms with Gasteiger partial charge in [-0.1, -0.05) is 51.5 Å². The Bertz CT molecular complexity index is 981. The van der Waals surface area contributed by atoms with Crippen molar-refractivity contribution in [1.29, 1.82) is 0 Å². The lowest BCUT2D eigenvalue weighted by molar-refractivity contribution is -0.124. The molecule has 2 N–H and O–H groups in total. The third kappa shape index (κ3) is 5.22. The number of carbonyl (C=O) groups is 3. The lowest BCUT2D eigenvalue weighted by atomic mass is 9.94. The largest absolute Gasteiger partial charge is 0.356 e. The minimum Gasteiger partial charge on any atom is -0.356 e. The van der Waals surface area contributed by atoms with Crippen molar-refractivity contribution in [2.45, 2.75) is 65.2 Å². The molecular weight excluding hydrogens is 388 g/mol. The second-order valence-electron chi connectivity index (χ2n) is 8.22. The van der Waals surface area contributed by atoms with E-state index in [2.05, 4.69) is 30.5 Å². The van der Waals surface area contributed by atoms with Crippen LogP contribution in [0.3, 0.4) is 0 Å². The number of unbranched alkanes of at least 4 members (excludes halogenated alkanes) is 1. The number of ketones is 1. The van der Waals surface area contributed by atoms with Gasteiger partial charge in [-0.3, -0.25) is 14.4 Å². The second-order valence-corrected chi connectivity index (χ2v) is 8.22. The summed E-state index contributed by atoms with van der Waals surface area (Å²) in [4.78, 5) is 36.8. The molecule has 5 nitrogen and oxygen atoms in total. The van der Waals surface area contributed by atoms with Crippen LogP contribution < -0.4 is 10.6 Å². The van der Waals surface area contributed by atoms with Crippen LogP contribution in [0.2, 0.25) is 0 Å². The normalized spacial score (nSPS) is 14.0. The van der Waals surface area contributed by atoms with Crippen LogP contribution in [0.1, 0.15) is 86.7 Å². The molecule has 0 saturated heterocycles. The minimum atomic E-state index is -0.176. The van der Waals surface area contributed by atoms with E-state index in [9.17, 15) is 14.4 Å². The first-order valence-electron chi connectivity index (χ1n) is 11.3. The minimum absolute atomic E-state index is 0.102. The fourth-order valence-electron chi connectivity index (χ4n) is 4.13. The molecule has 1 atom stereocenters. The SMILES string of the molecule is CCCCC(=O)c1cccc2c1-c1ccc(NC(=O)CCC(=O)NCCC)cc1C2C. The average Bonchev–Trinajstić information content (AvgIpc) is 3.06. The molecule has 0 bridgehead atoms. The standard InChI is InChI=1S/C26H32N2O3/c1-4-6-10-23(29)21-9-7-8-19-17(3)22-16-18(11-12-20(22)26(19)21)28-25(31)14-13-24(30)27-15-5-2/h7-9,11-12,16-17H,4-6,10,13-15H2,1-3H3,(H,27,30)(H,28,31). The molecule has 2 amide bonds. The van der Waals surface area contributed by atoms with E-state index in [1.165, 1.54) is 0 Å². The molecular formula is C26H32N2O3. The summed E-state index contributed by atoms with van der Waals surface area (Å²) >= 11 is 0. The van der Waals surface area contributed by atoms with Gasteiger partial charge in [0.05, 0.1) is 0 Å². The molecule has 5 heteroatoms. The van der Waals surface area contributed by atoms with Gasteiger partial charge in [0.25, 0.3) is 0 Å². The number of Topliss-reactive ketones (excluding diaryl/α,β-unsaturated/α-hetero) is 1. The summed E-state index contributed by atoms with van der Waals surface area (Å²) in [6, 6.07) is 11.9. The summed E-state index contributed by atoms with van der Waals surface area (Å²) in [6.07, 6.45) is 3.67. The number of hydrogen-bond donors (Lipinski definition) is 2. The fourth-order valence-corrected chi connectivity index (χ4v) is 4.13. The van der Waals surface area contributed by atoms with Crippen LogP contribution in [-0.4, -0.2) is 24.1 Å². The van der Waals surface area contributed by atoms with Gasteiger partial charge in [-0.05, 0) is 47.2 Å². The Kier molecular flexibility index (Phi) is 7.61. The molecule has 31 heavy (non-hydrogen) atoms. The van der Waals surface area contributed by atoms with Gasteiger partial charge in [0.1, 0.15) is 0 Å². The highest BCUT2D eigenvalue weighted by atomic mass is 16.2. The van der Waals surface area contributed by atoms with Crippen molar-refractivity contribution in [2.75, 3.05) is 11.9 Å². The highest BCUT2D eigenvalue weighted by molar-refractivity contribution is 6.05. The summed E-state index contributed by atoms with van der Waals surface area (Å²) < 4.78 is 0. The number of hydrogen-bond acceptors (Lipinski definition) is 3. The van der Waals surface area contributed by atoms with E-state index in [4.69, 9.17) is 0 Å². The van der Waals surface area contributed by atoms with Crippen molar-refractivity contribution in [3.8, 4) is 11.1 Å². The number of amides is 2. The van der Waals surface area contributed by atoms with E-state index in [-0.39, 0.29) is 36.4 Å². The van der Waals surface area contributed by atoms with Crippen molar-refractivity contribution in [3.63, 3.8) is 0 Å². The average molecular weight is 421 g/mol. The summed E-state index contributed by atoms with van der Waals surface area (Å²) in [5.41, 5.74) is 5.90. The molecule has 3 rings (SSSR count). The summed E-state index contributed by atoms with van der Waals surface area (Å²) in [5, 5.41) is 5.69. The maximum absolute atomic E-state index is 12.8. The number of nitrogens with one attached hydrogen (secondary N) is 2. The van der Waals surface area contributed by atoms with Gasteiger partial charge in [-0.25, -0.2) is 0 Å². The summed E-state index contributed by atoms with van der Waals surface area (Å²) in [5.74, 6) is 0.0681. The monoisotopic (exact) mass is 420 g/mol. The first-order chi connectivity index (χ1) is 15.0. The molecule has 1 aliphatic carbocycles. The van der Waals surface area contributed by atoms with Crippen LogP contribution >= 0.6 is 0 Å². The zero-order chi connectivity index (χ0) is 22.4. The van der Waals surface area contributed by atoms with E-state index >= 15 is 0 Å². The topological polar surface area (TPSA) is 75.3 Å². The predicted octanol–water partition coefficient (Wildman–Crippen LogP) is 5.44. The van der Waals surface area contributed by atoms with E-state index < -0.39 is 0 Å². The lowest BCUT2D eigenvalue weighted by Gasteiger charge is -2.10. The summed E-state index contributed by atoms with van der Waals surface area (Å²) in [7, 11) is 0. The molecule has 1 aliphatic rings. The Morgan fingerprint density at radius 2 is 1.68 bits per heavy atom. The molecule has 164 valence electrons. The number of rotatable bonds is 10. The first-order valence-corrected chi connectivity index (χ1v) is 11.3. The van der Waals surface area contributed by atoms with Crippen LogP contribution in [0, 0.1) is 0 Å². The molecule has 0 radical (unpaired) electrons. The van der Waals surface area contributed by atoms with Crippen molar-refractivity contribution < 1.29 is 14.4 Å². The molecule has 2 aromatic carbocycles. The fraction of sp³-hybridized carbons (Fsp3) is 0.423. The molecule has 0 aliphatic heterocycles. The van der Waals surface area contributed by atoms with Gasteiger partial charge in [-0.2, -0.15) is 0 Å². The highest BCUT2D eigenvalue weighted by Gasteiger charge is 2.29. The first kappa shape index (κ1) is 22.7. The number of carbonyl (C=O) groups excluding carboxylic acids is 3. The van der Waals surface area contributed by atoms with E-state index in [1.807, 2.05) is 37.3 Å². The Morgan fingerprint density at radius 1 is 0.903 bits per heavy atom. The maximum Gasteiger partial charge on any atom is 0.224 e. The predicted molar refractivity (Wildman–Crippen MR) is 124 cm³/mol. The van der Waals surface area contributed by atoms with Crippen molar-refractivity contribution >= 4 is 23.3 Å². The summed E-state index contributed by atoms with van der Waals surface area (Å²) in [6.45, 7) is 6.85. The zero-order valence-electron chi connectivity index (χ0n) is 18.7. The number of benzene rings is 2. The molecule has 1 unspecified atom stereocenters. The quantitative estimate of drug-likeness (QED) is 0.503. The van der Waals surface area contributed by atoms with E-state index in [1.54, 1.807) is 0 Å². The maximum atomic E-state index is 12.8. The molecule has 0 heterocycles. The second kappa shape index (κ2) is 10.4. The third-order valence-corrected chi connectivity index (χ3v) is 5.84. The van der Waals surface area contributed by atoms with Gasteiger partial charge >= 0.3 is 0 Å². The van der Waals surface area contributed by atoms with Crippen molar-refractivity contribution in [2.24, 2.45) is 0 Å². The lowest BCUT2D eigenvalue weighted by Crippen LogP contribution is -2.25. The van der Waals surface area contributed by atoms with Gasteiger partial charge in [-0.15, -0.1) is 0 Å². The van der Waals surface area contributed by atoms with E-state index in [0.717, 1.165) is 52.8 Å². The third-order valence-electron chi connectivity index (χ3n) is 5.84. The van der Waals surface area contributed by atoms with Crippen LogP contribution in [0.4, 0.5) is 5.69 Å². The molecule has 0 aromatic heterocycles. The number of anilines is 1. The highest BCUT2D eigenvalue weighted by Crippen LogP contribution is 2.47. The Morgan fingerprint density at radius 3 is 2.42 bits per heavy atom. The smallest absolute Gasteiger partial charge is 0.224 e. The molecule has 0 saturated carbocycles. The zero-order valence-corrected chi connectivity index (χ0v) is 18.7. The van der Waals surface area contributed by atoms with Crippen LogP contribution in [0.5, 0.6) is 0 Å². The van der Waals surface area contributed by atoms with Gasteiger partial charge < -0.3 is 10.6 Å². The Hall–Kier alpha value is -2.95. The van der Waals surface area contributed by atoms with E-state index in [0.29, 0.717) is 13.0 Å². The molecule has 0 spiro atoms. The Balaban J connectivity index is 1.75. The van der Waals surface area contributed by atoms with Crippen LogP contribution in [-0.2, 0) is 9.59 Å². The van der Waals surface area contributed by atoms with Crippen LogP contribution in [0.25, 0.3) is 11.1 Å². The van der Waals surface area contributed by atoms with Crippen molar-refractivity contribution in [1.82, 2.24) is 5.32 Å². The van der Waals surface area contributed by atoms with Gasteiger partial charge in [0, 0.05) is 43.0 Å².